The first kappa shape index (κ1) is 21.2. The van der Waals surface area contributed by atoms with E-state index in [2.05, 4.69) is 10.0 Å². The molecule has 0 heterocycles. The highest BCUT2D eigenvalue weighted by atomic mass is 35.5. The van der Waals surface area contributed by atoms with E-state index in [-0.39, 0.29) is 5.91 Å². The fourth-order valence-electron chi connectivity index (χ4n) is 2.54. The van der Waals surface area contributed by atoms with Crippen LogP contribution in [-0.4, -0.2) is 20.6 Å². The minimum atomic E-state index is -3.43. The van der Waals surface area contributed by atoms with E-state index in [0.717, 1.165) is 21.6 Å². The number of halogens is 1. The van der Waals surface area contributed by atoms with Gasteiger partial charge in [0.2, 0.25) is 10.0 Å². The fourth-order valence-corrected chi connectivity index (χ4v) is 4.25. The first-order valence-electron chi connectivity index (χ1n) is 8.63. The Bertz CT molecular complexity index is 1150. The van der Waals surface area contributed by atoms with Crippen molar-refractivity contribution in [3.8, 4) is 0 Å². The third-order valence-electron chi connectivity index (χ3n) is 3.97. The molecule has 0 bridgehead atoms. The van der Waals surface area contributed by atoms with Gasteiger partial charge in [-0.25, -0.2) is 8.42 Å². The van der Waals surface area contributed by atoms with E-state index in [4.69, 9.17) is 11.6 Å². The average molecular weight is 447 g/mol. The number of carbonyl (C=O) groups excluding carboxylic acids is 1. The van der Waals surface area contributed by atoms with Crippen molar-refractivity contribution < 1.29 is 13.2 Å². The molecule has 0 saturated carbocycles. The summed E-state index contributed by atoms with van der Waals surface area (Å²) < 4.78 is 25.4. The summed E-state index contributed by atoms with van der Waals surface area (Å²) in [6, 6.07) is 19.9. The second-order valence-electron chi connectivity index (χ2n) is 6.41. The van der Waals surface area contributed by atoms with Crippen LogP contribution in [0, 0.1) is 6.92 Å². The molecule has 0 spiro atoms. The van der Waals surface area contributed by atoms with E-state index in [1.54, 1.807) is 31.2 Å². The highest BCUT2D eigenvalue weighted by Crippen LogP contribution is 2.33. The molecule has 0 aliphatic rings. The number of anilines is 2. The number of carbonyl (C=O) groups is 1. The van der Waals surface area contributed by atoms with E-state index < -0.39 is 10.0 Å². The summed E-state index contributed by atoms with van der Waals surface area (Å²) in [5, 5.41) is 3.51. The molecule has 3 aromatic rings. The van der Waals surface area contributed by atoms with Crippen molar-refractivity contribution in [2.45, 2.75) is 16.7 Å². The summed E-state index contributed by atoms with van der Waals surface area (Å²) in [4.78, 5) is 14.5. The van der Waals surface area contributed by atoms with Crippen molar-refractivity contribution in [3.05, 3.63) is 82.9 Å². The smallest absolute Gasteiger partial charge is 0.255 e. The second-order valence-corrected chi connectivity index (χ2v) is 9.69. The maximum atomic E-state index is 12.6. The molecule has 5 nitrogen and oxygen atoms in total. The van der Waals surface area contributed by atoms with Crippen molar-refractivity contribution >= 4 is 50.7 Å². The van der Waals surface area contributed by atoms with Crippen LogP contribution in [0.3, 0.4) is 0 Å². The Kier molecular flexibility index (Phi) is 6.52. The monoisotopic (exact) mass is 446 g/mol. The first-order chi connectivity index (χ1) is 13.7. The van der Waals surface area contributed by atoms with Gasteiger partial charge >= 0.3 is 0 Å². The molecular formula is C21H19ClN2O3S2. The number of benzene rings is 3. The molecule has 0 aliphatic heterocycles. The Labute approximate surface area is 179 Å². The Hall–Kier alpha value is -2.48. The lowest BCUT2D eigenvalue weighted by Gasteiger charge is -2.11. The minimum absolute atomic E-state index is 0.326. The van der Waals surface area contributed by atoms with E-state index in [1.165, 1.54) is 17.8 Å². The zero-order chi connectivity index (χ0) is 21.0. The molecule has 3 rings (SSSR count). The normalized spacial score (nSPS) is 11.1. The molecule has 0 aliphatic carbocycles. The lowest BCUT2D eigenvalue weighted by atomic mass is 10.1. The van der Waals surface area contributed by atoms with Crippen LogP contribution in [0.4, 0.5) is 11.4 Å². The van der Waals surface area contributed by atoms with Crippen LogP contribution in [0.1, 0.15) is 15.9 Å². The minimum Gasteiger partial charge on any atom is -0.322 e. The topological polar surface area (TPSA) is 75.3 Å². The third kappa shape index (κ3) is 6.00. The largest absolute Gasteiger partial charge is 0.322 e. The van der Waals surface area contributed by atoms with Gasteiger partial charge in [0.1, 0.15) is 0 Å². The van der Waals surface area contributed by atoms with Gasteiger partial charge < -0.3 is 5.32 Å². The maximum Gasteiger partial charge on any atom is 0.255 e. The van der Waals surface area contributed by atoms with Crippen LogP contribution >= 0.6 is 23.4 Å². The highest BCUT2D eigenvalue weighted by molar-refractivity contribution is 7.99. The second kappa shape index (κ2) is 8.90. The summed E-state index contributed by atoms with van der Waals surface area (Å²) in [6.07, 6.45) is 1.07. The zero-order valence-electron chi connectivity index (χ0n) is 15.8. The van der Waals surface area contributed by atoms with Gasteiger partial charge in [0.25, 0.3) is 5.91 Å². The molecule has 3 aromatic carbocycles. The quantitative estimate of drug-likeness (QED) is 0.529. The van der Waals surface area contributed by atoms with Gasteiger partial charge in [0, 0.05) is 21.0 Å². The van der Waals surface area contributed by atoms with Crippen molar-refractivity contribution in [1.29, 1.82) is 0 Å². The van der Waals surface area contributed by atoms with Crippen LogP contribution in [0.25, 0.3) is 0 Å². The van der Waals surface area contributed by atoms with E-state index in [9.17, 15) is 13.2 Å². The van der Waals surface area contributed by atoms with E-state index >= 15 is 0 Å². The summed E-state index contributed by atoms with van der Waals surface area (Å²) >= 11 is 7.72. The molecule has 0 aromatic heterocycles. The van der Waals surface area contributed by atoms with Gasteiger partial charge in [-0.3, -0.25) is 9.52 Å². The molecule has 29 heavy (non-hydrogen) atoms. The van der Waals surface area contributed by atoms with E-state index in [1.807, 2.05) is 36.4 Å². The summed E-state index contributed by atoms with van der Waals surface area (Å²) in [6.45, 7) is 1.77. The number of hydrogen-bond donors (Lipinski definition) is 2. The first-order valence-corrected chi connectivity index (χ1v) is 11.7. The van der Waals surface area contributed by atoms with Crippen molar-refractivity contribution in [2.24, 2.45) is 0 Å². The zero-order valence-corrected chi connectivity index (χ0v) is 18.2. The standard InChI is InChI=1S/C21H19ClN2O3S2/c1-14-7-8-15(13-19(14)24-29(2,26)27)21(25)23-16-9-11-17(12-10-16)28-20-6-4-3-5-18(20)22/h3-13,24H,1-2H3,(H,23,25). The molecule has 0 atom stereocenters. The SMILES string of the molecule is Cc1ccc(C(=O)Nc2ccc(Sc3ccccc3Cl)cc2)cc1NS(C)(=O)=O. The Morgan fingerprint density at radius 1 is 1.00 bits per heavy atom. The summed E-state index contributed by atoms with van der Waals surface area (Å²) in [5.74, 6) is -0.326. The third-order valence-corrected chi connectivity index (χ3v) is 6.09. The van der Waals surface area contributed by atoms with Crippen LogP contribution in [0.2, 0.25) is 5.02 Å². The maximum absolute atomic E-state index is 12.6. The predicted molar refractivity (Wildman–Crippen MR) is 120 cm³/mol. The highest BCUT2D eigenvalue weighted by Gasteiger charge is 2.11. The average Bonchev–Trinajstić information content (AvgIpc) is 2.66. The van der Waals surface area contributed by atoms with Crippen LogP contribution in [-0.2, 0) is 10.0 Å². The van der Waals surface area contributed by atoms with Crippen molar-refractivity contribution in [3.63, 3.8) is 0 Å². The fraction of sp³-hybridized carbons (Fsp3) is 0.0952. The van der Waals surface area contributed by atoms with Gasteiger partial charge in [-0.2, -0.15) is 0 Å². The molecule has 150 valence electrons. The molecule has 0 saturated heterocycles. The molecule has 2 N–H and O–H groups in total. The number of rotatable bonds is 6. The predicted octanol–water partition coefficient (Wildman–Crippen LogP) is 5.42. The number of amides is 1. The van der Waals surface area contributed by atoms with Crippen LogP contribution in [0.5, 0.6) is 0 Å². The van der Waals surface area contributed by atoms with Gasteiger partial charge in [0.05, 0.1) is 17.0 Å². The lowest BCUT2D eigenvalue weighted by molar-refractivity contribution is 0.102. The lowest BCUT2D eigenvalue weighted by Crippen LogP contribution is -2.14. The number of nitrogens with one attached hydrogen (secondary N) is 2. The van der Waals surface area contributed by atoms with Gasteiger partial charge in [-0.15, -0.1) is 0 Å². The van der Waals surface area contributed by atoms with Gasteiger partial charge in [0.15, 0.2) is 0 Å². The summed E-state index contributed by atoms with van der Waals surface area (Å²) in [5.41, 5.74) is 2.10. The molecular weight excluding hydrogens is 428 g/mol. The number of hydrogen-bond acceptors (Lipinski definition) is 4. The molecule has 8 heteroatoms. The summed E-state index contributed by atoms with van der Waals surface area (Å²) in [7, 11) is -3.43. The van der Waals surface area contributed by atoms with Crippen LogP contribution < -0.4 is 10.0 Å². The Balaban J connectivity index is 1.71. The Morgan fingerprint density at radius 3 is 2.34 bits per heavy atom. The number of sulfonamides is 1. The number of aryl methyl sites for hydroxylation is 1. The van der Waals surface area contributed by atoms with Crippen molar-refractivity contribution in [2.75, 3.05) is 16.3 Å². The van der Waals surface area contributed by atoms with Gasteiger partial charge in [-0.1, -0.05) is 41.6 Å². The Morgan fingerprint density at radius 2 is 1.69 bits per heavy atom. The molecule has 0 unspecified atom stereocenters. The van der Waals surface area contributed by atoms with Gasteiger partial charge in [-0.05, 0) is 61.0 Å². The molecule has 0 radical (unpaired) electrons. The van der Waals surface area contributed by atoms with E-state index in [0.29, 0.717) is 22.0 Å². The van der Waals surface area contributed by atoms with Crippen LogP contribution in [0.15, 0.2) is 76.5 Å². The van der Waals surface area contributed by atoms with Crippen molar-refractivity contribution in [1.82, 2.24) is 0 Å². The molecule has 1 amide bonds. The molecule has 0 fully saturated rings.